The van der Waals surface area contributed by atoms with E-state index < -0.39 is 0 Å². The van der Waals surface area contributed by atoms with E-state index >= 15 is 0 Å². The molecule has 1 saturated heterocycles. The predicted molar refractivity (Wildman–Crippen MR) is 80.1 cm³/mol. The van der Waals surface area contributed by atoms with Gasteiger partial charge in [-0.2, -0.15) is 5.10 Å². The van der Waals surface area contributed by atoms with Crippen LogP contribution in [-0.2, 0) is 20.8 Å². The number of amides is 3. The summed E-state index contributed by atoms with van der Waals surface area (Å²) < 4.78 is 0. The Bertz CT molecular complexity index is 595. The fourth-order valence-electron chi connectivity index (χ4n) is 2.22. The lowest BCUT2D eigenvalue weighted by atomic mass is 10.2. The molecule has 0 spiro atoms. The number of rotatable bonds is 5. The van der Waals surface area contributed by atoms with Crippen molar-refractivity contribution in [1.29, 1.82) is 0 Å². The van der Waals surface area contributed by atoms with Gasteiger partial charge in [-0.25, -0.2) is 0 Å². The number of H-pyrrole nitrogens is 1. The van der Waals surface area contributed by atoms with E-state index in [1.54, 1.807) is 13.1 Å². The molecule has 0 unspecified atom stereocenters. The third-order valence-electron chi connectivity index (χ3n) is 3.50. The first-order chi connectivity index (χ1) is 10.5. The Morgan fingerprint density at radius 3 is 2.91 bits per heavy atom. The fourth-order valence-corrected chi connectivity index (χ4v) is 2.22. The standard InChI is InChI=1S/C14H19N5O3/c1-3-13(21)18-6-7-19(14(22)9-18)11-8-10(16-17-11)4-5-12(20)15-2/h3,8H,1,4-7,9H2,2H3,(H,15,20)(H,16,17). The van der Waals surface area contributed by atoms with Crippen LogP contribution in [0.2, 0.25) is 0 Å². The minimum absolute atomic E-state index is 0.0191. The van der Waals surface area contributed by atoms with E-state index in [4.69, 9.17) is 0 Å². The Labute approximate surface area is 128 Å². The first-order valence-corrected chi connectivity index (χ1v) is 7.01. The Hall–Kier alpha value is -2.64. The highest BCUT2D eigenvalue weighted by atomic mass is 16.2. The van der Waals surface area contributed by atoms with Crippen molar-refractivity contribution in [3.8, 4) is 0 Å². The lowest BCUT2D eigenvalue weighted by Crippen LogP contribution is -2.52. The number of aromatic nitrogens is 2. The van der Waals surface area contributed by atoms with Gasteiger partial charge in [-0.1, -0.05) is 6.58 Å². The second-order valence-electron chi connectivity index (χ2n) is 4.93. The molecule has 0 aliphatic carbocycles. The van der Waals surface area contributed by atoms with E-state index in [-0.39, 0.29) is 24.3 Å². The molecule has 22 heavy (non-hydrogen) atoms. The zero-order valence-electron chi connectivity index (χ0n) is 12.5. The molecule has 2 heterocycles. The number of hydrogen-bond acceptors (Lipinski definition) is 4. The van der Waals surface area contributed by atoms with Crippen molar-refractivity contribution < 1.29 is 14.4 Å². The number of nitrogens with zero attached hydrogens (tertiary/aromatic N) is 3. The van der Waals surface area contributed by atoms with Gasteiger partial charge in [-0.3, -0.25) is 24.4 Å². The van der Waals surface area contributed by atoms with Gasteiger partial charge >= 0.3 is 0 Å². The quantitative estimate of drug-likeness (QED) is 0.713. The zero-order chi connectivity index (χ0) is 16.1. The minimum Gasteiger partial charge on any atom is -0.359 e. The molecule has 1 aliphatic rings. The van der Waals surface area contributed by atoms with Gasteiger partial charge in [-0.15, -0.1) is 0 Å². The monoisotopic (exact) mass is 305 g/mol. The van der Waals surface area contributed by atoms with Crippen LogP contribution in [-0.4, -0.2) is 59.5 Å². The lowest BCUT2D eigenvalue weighted by Gasteiger charge is -2.32. The number of aromatic amines is 1. The predicted octanol–water partition coefficient (Wildman–Crippen LogP) is -0.550. The summed E-state index contributed by atoms with van der Waals surface area (Å²) in [5.41, 5.74) is 0.788. The minimum atomic E-state index is -0.249. The zero-order valence-corrected chi connectivity index (χ0v) is 12.5. The van der Waals surface area contributed by atoms with Crippen LogP contribution in [0.3, 0.4) is 0 Å². The van der Waals surface area contributed by atoms with Crippen LogP contribution in [0.5, 0.6) is 0 Å². The summed E-state index contributed by atoms with van der Waals surface area (Å²) in [5, 5.41) is 9.49. The summed E-state index contributed by atoms with van der Waals surface area (Å²) in [4.78, 5) is 37.8. The number of nitrogens with one attached hydrogen (secondary N) is 2. The maximum Gasteiger partial charge on any atom is 0.247 e. The molecule has 1 aromatic heterocycles. The number of carbonyl (C=O) groups excluding carboxylic acids is 3. The van der Waals surface area contributed by atoms with Gasteiger partial charge in [0.05, 0.1) is 0 Å². The van der Waals surface area contributed by atoms with Crippen LogP contribution in [0.15, 0.2) is 18.7 Å². The topological polar surface area (TPSA) is 98.4 Å². The second-order valence-corrected chi connectivity index (χ2v) is 4.93. The van der Waals surface area contributed by atoms with Crippen LogP contribution < -0.4 is 10.2 Å². The summed E-state index contributed by atoms with van der Waals surface area (Å²) in [6.45, 7) is 4.26. The summed E-state index contributed by atoms with van der Waals surface area (Å²) in [6, 6.07) is 1.76. The third kappa shape index (κ3) is 3.51. The van der Waals surface area contributed by atoms with Crippen molar-refractivity contribution in [2.45, 2.75) is 12.8 Å². The van der Waals surface area contributed by atoms with Crippen molar-refractivity contribution in [3.05, 3.63) is 24.4 Å². The molecule has 118 valence electrons. The fraction of sp³-hybridized carbons (Fsp3) is 0.429. The third-order valence-corrected chi connectivity index (χ3v) is 3.50. The van der Waals surface area contributed by atoms with E-state index in [2.05, 4.69) is 22.1 Å². The lowest BCUT2D eigenvalue weighted by molar-refractivity contribution is -0.133. The maximum atomic E-state index is 12.1. The van der Waals surface area contributed by atoms with Crippen molar-refractivity contribution in [2.75, 3.05) is 31.6 Å². The van der Waals surface area contributed by atoms with Crippen LogP contribution >= 0.6 is 0 Å². The summed E-state index contributed by atoms with van der Waals surface area (Å²) in [7, 11) is 1.59. The number of hydrogen-bond donors (Lipinski definition) is 2. The molecule has 0 radical (unpaired) electrons. The maximum absolute atomic E-state index is 12.1. The molecule has 2 N–H and O–H groups in total. The summed E-state index contributed by atoms with van der Waals surface area (Å²) in [5.74, 6) is 0.0264. The molecule has 0 saturated carbocycles. The molecule has 2 rings (SSSR count). The summed E-state index contributed by atoms with van der Waals surface area (Å²) >= 11 is 0. The first kappa shape index (κ1) is 15.7. The molecule has 1 aromatic rings. The molecular formula is C14H19N5O3. The molecule has 8 heteroatoms. The molecule has 0 aromatic carbocycles. The second kappa shape index (κ2) is 6.88. The van der Waals surface area contributed by atoms with Gasteiger partial charge in [0.25, 0.3) is 0 Å². The van der Waals surface area contributed by atoms with E-state index in [1.165, 1.54) is 15.9 Å². The Morgan fingerprint density at radius 1 is 1.50 bits per heavy atom. The normalized spacial score (nSPS) is 14.9. The molecule has 8 nitrogen and oxygen atoms in total. The van der Waals surface area contributed by atoms with Gasteiger partial charge in [0.1, 0.15) is 6.54 Å². The number of anilines is 1. The average molecular weight is 305 g/mol. The Morgan fingerprint density at radius 2 is 2.27 bits per heavy atom. The molecular weight excluding hydrogens is 286 g/mol. The highest BCUT2D eigenvalue weighted by molar-refractivity contribution is 5.98. The van der Waals surface area contributed by atoms with Gasteiger partial charge in [0, 0.05) is 38.3 Å². The molecule has 1 fully saturated rings. The van der Waals surface area contributed by atoms with Crippen molar-refractivity contribution in [2.24, 2.45) is 0 Å². The highest BCUT2D eigenvalue weighted by Crippen LogP contribution is 2.16. The first-order valence-electron chi connectivity index (χ1n) is 7.01. The Kier molecular flexibility index (Phi) is 4.92. The largest absolute Gasteiger partial charge is 0.359 e. The van der Waals surface area contributed by atoms with Crippen LogP contribution in [0.1, 0.15) is 12.1 Å². The Balaban J connectivity index is 1.97. The average Bonchev–Trinajstić information content (AvgIpc) is 3.00. The van der Waals surface area contributed by atoms with Gasteiger partial charge in [-0.05, 0) is 12.5 Å². The van der Waals surface area contributed by atoms with Gasteiger partial charge in [0.2, 0.25) is 17.7 Å². The molecule has 1 aliphatic heterocycles. The van der Waals surface area contributed by atoms with Crippen LogP contribution in [0.4, 0.5) is 5.82 Å². The smallest absolute Gasteiger partial charge is 0.247 e. The van der Waals surface area contributed by atoms with Gasteiger partial charge < -0.3 is 10.2 Å². The van der Waals surface area contributed by atoms with Gasteiger partial charge in [0.15, 0.2) is 5.82 Å². The SMILES string of the molecule is C=CC(=O)N1CCN(c2cc(CCC(=O)NC)[nH]n2)C(=O)C1. The molecule has 3 amide bonds. The number of carbonyl (C=O) groups is 3. The van der Waals surface area contributed by atoms with Crippen molar-refractivity contribution >= 4 is 23.5 Å². The van der Waals surface area contributed by atoms with Crippen molar-refractivity contribution in [3.63, 3.8) is 0 Å². The molecule has 0 bridgehead atoms. The van der Waals surface area contributed by atoms with E-state index in [1.807, 2.05) is 0 Å². The van der Waals surface area contributed by atoms with E-state index in [9.17, 15) is 14.4 Å². The van der Waals surface area contributed by atoms with E-state index in [0.717, 1.165) is 5.69 Å². The number of aryl methyl sites for hydroxylation is 1. The number of piperazine rings is 1. The van der Waals surface area contributed by atoms with Crippen molar-refractivity contribution in [1.82, 2.24) is 20.4 Å². The molecule has 0 atom stereocenters. The van der Waals surface area contributed by atoms with E-state index in [0.29, 0.717) is 31.7 Å². The highest BCUT2D eigenvalue weighted by Gasteiger charge is 2.28. The summed E-state index contributed by atoms with van der Waals surface area (Å²) in [6.07, 6.45) is 2.08. The van der Waals surface area contributed by atoms with Crippen LogP contribution in [0, 0.1) is 0 Å². The van der Waals surface area contributed by atoms with Crippen LogP contribution in [0.25, 0.3) is 0 Å².